The molecule has 7 nitrogen and oxygen atoms in total. The number of sulfonamides is 1. The quantitative estimate of drug-likeness (QED) is 0.354. The van der Waals surface area contributed by atoms with Gasteiger partial charge in [0.2, 0.25) is 15.9 Å². The molecule has 0 bridgehead atoms. The van der Waals surface area contributed by atoms with Gasteiger partial charge >= 0.3 is 0 Å². The van der Waals surface area contributed by atoms with Crippen LogP contribution >= 0.6 is 0 Å². The van der Waals surface area contributed by atoms with Gasteiger partial charge in [0.15, 0.2) is 0 Å². The lowest BCUT2D eigenvalue weighted by Crippen LogP contribution is -2.50. The van der Waals surface area contributed by atoms with Crippen molar-refractivity contribution in [3.05, 3.63) is 0 Å². The Balaban J connectivity index is 2.40. The topological polar surface area (TPSA) is 95.7 Å². The second-order valence-corrected chi connectivity index (χ2v) is 6.35. The van der Waals surface area contributed by atoms with E-state index in [1.54, 1.807) is 6.92 Å². The van der Waals surface area contributed by atoms with Gasteiger partial charge in [0.05, 0.1) is 6.26 Å². The molecule has 1 aliphatic heterocycles. The molecule has 0 radical (unpaired) electrons. The van der Waals surface area contributed by atoms with Crippen LogP contribution < -0.4 is 11.3 Å². The van der Waals surface area contributed by atoms with Gasteiger partial charge in [-0.15, -0.1) is 0 Å². The second kappa shape index (κ2) is 5.76. The highest BCUT2D eigenvalue weighted by atomic mass is 32.2. The maximum atomic E-state index is 11.3. The van der Waals surface area contributed by atoms with E-state index in [0.29, 0.717) is 32.7 Å². The molecule has 0 saturated carbocycles. The van der Waals surface area contributed by atoms with Crippen LogP contribution in [0.1, 0.15) is 6.92 Å². The molecule has 3 N–H and O–H groups in total. The Kier molecular flexibility index (Phi) is 4.87. The number of nitrogens with zero attached hydrogens (tertiary/aromatic N) is 2. The minimum atomic E-state index is -3.09. The molecule has 1 atom stereocenters. The zero-order valence-electron chi connectivity index (χ0n) is 10.2. The molecule has 1 heterocycles. The van der Waals surface area contributed by atoms with Crippen LogP contribution in [0.15, 0.2) is 0 Å². The number of carbonyl (C=O) groups excluding carboxylic acids is 1. The predicted molar refractivity (Wildman–Crippen MR) is 64.4 cm³/mol. The van der Waals surface area contributed by atoms with Crippen molar-refractivity contribution in [2.75, 3.05) is 39.0 Å². The van der Waals surface area contributed by atoms with Gasteiger partial charge in [0.1, 0.15) is 0 Å². The zero-order valence-corrected chi connectivity index (χ0v) is 11.0. The molecule has 1 unspecified atom stereocenters. The van der Waals surface area contributed by atoms with Crippen LogP contribution in [0.3, 0.4) is 0 Å². The minimum Gasteiger partial charge on any atom is -0.300 e. The molecule has 100 valence electrons. The summed E-state index contributed by atoms with van der Waals surface area (Å²) in [6, 6.07) is 0. The Labute approximate surface area is 102 Å². The molecule has 1 aliphatic rings. The third-order valence-corrected chi connectivity index (χ3v) is 4.23. The number of rotatable bonds is 4. The third kappa shape index (κ3) is 4.23. The van der Waals surface area contributed by atoms with E-state index in [1.807, 2.05) is 0 Å². The highest BCUT2D eigenvalue weighted by Crippen LogP contribution is 2.08. The summed E-state index contributed by atoms with van der Waals surface area (Å²) in [6.45, 7) is 4.65. The van der Waals surface area contributed by atoms with E-state index < -0.39 is 10.0 Å². The highest BCUT2D eigenvalue weighted by molar-refractivity contribution is 7.88. The molecule has 0 aromatic rings. The smallest absolute Gasteiger partial charge is 0.237 e. The summed E-state index contributed by atoms with van der Waals surface area (Å²) >= 11 is 0. The minimum absolute atomic E-state index is 0.190. The molecule has 0 aliphatic carbocycles. The van der Waals surface area contributed by atoms with Crippen molar-refractivity contribution in [3.63, 3.8) is 0 Å². The van der Waals surface area contributed by atoms with Gasteiger partial charge in [0, 0.05) is 38.6 Å². The lowest BCUT2D eigenvalue weighted by molar-refractivity contribution is -0.125. The molecular formula is C9H20N4O3S. The number of carbonyl (C=O) groups is 1. The Bertz CT molecular complexity index is 362. The first-order valence-electron chi connectivity index (χ1n) is 5.52. The SMILES string of the molecule is CC(CN1CCN(S(C)(=O)=O)CC1)C(=O)NN. The summed E-state index contributed by atoms with van der Waals surface area (Å²) in [5.41, 5.74) is 2.12. The van der Waals surface area contributed by atoms with Gasteiger partial charge < -0.3 is 0 Å². The molecule has 1 saturated heterocycles. The van der Waals surface area contributed by atoms with Gasteiger partial charge in [-0.25, -0.2) is 14.3 Å². The average molecular weight is 264 g/mol. The first-order chi connectivity index (χ1) is 7.84. The first-order valence-corrected chi connectivity index (χ1v) is 7.37. The Morgan fingerprint density at radius 1 is 1.35 bits per heavy atom. The molecule has 1 rings (SSSR count). The summed E-state index contributed by atoms with van der Waals surface area (Å²) in [7, 11) is -3.09. The molecule has 8 heteroatoms. The van der Waals surface area contributed by atoms with Crippen LogP contribution in [0.2, 0.25) is 0 Å². The average Bonchev–Trinajstić information content (AvgIpc) is 2.27. The maximum Gasteiger partial charge on any atom is 0.237 e. The number of hydrazine groups is 1. The van der Waals surface area contributed by atoms with Crippen LogP contribution in [0.4, 0.5) is 0 Å². The molecule has 0 aromatic heterocycles. The van der Waals surface area contributed by atoms with E-state index in [-0.39, 0.29) is 11.8 Å². The van der Waals surface area contributed by atoms with Gasteiger partial charge in [-0.3, -0.25) is 15.1 Å². The molecule has 1 fully saturated rings. The number of nitrogens with two attached hydrogens (primary N) is 1. The Hall–Kier alpha value is -0.700. The molecule has 0 spiro atoms. The van der Waals surface area contributed by atoms with Crippen molar-refractivity contribution in [1.29, 1.82) is 0 Å². The van der Waals surface area contributed by atoms with E-state index in [9.17, 15) is 13.2 Å². The predicted octanol–water partition coefficient (Wildman–Crippen LogP) is -1.81. The fourth-order valence-corrected chi connectivity index (χ4v) is 2.68. The van der Waals surface area contributed by atoms with Crippen molar-refractivity contribution in [3.8, 4) is 0 Å². The number of piperazine rings is 1. The van der Waals surface area contributed by atoms with Crippen molar-refractivity contribution in [2.45, 2.75) is 6.92 Å². The molecule has 1 amide bonds. The van der Waals surface area contributed by atoms with Crippen molar-refractivity contribution < 1.29 is 13.2 Å². The van der Waals surface area contributed by atoms with Crippen molar-refractivity contribution in [2.24, 2.45) is 11.8 Å². The normalized spacial score (nSPS) is 21.1. The third-order valence-electron chi connectivity index (χ3n) is 2.92. The highest BCUT2D eigenvalue weighted by Gasteiger charge is 2.25. The summed E-state index contributed by atoms with van der Waals surface area (Å²) < 4.78 is 24.0. The van der Waals surface area contributed by atoms with Crippen LogP contribution in [-0.4, -0.2) is 62.5 Å². The van der Waals surface area contributed by atoms with Crippen LogP contribution in [0.5, 0.6) is 0 Å². The monoisotopic (exact) mass is 264 g/mol. The fraction of sp³-hybridized carbons (Fsp3) is 0.889. The summed E-state index contributed by atoms with van der Waals surface area (Å²) in [6.07, 6.45) is 1.22. The summed E-state index contributed by atoms with van der Waals surface area (Å²) in [4.78, 5) is 13.3. The standard InChI is InChI=1S/C9H20N4O3S/c1-8(9(14)11-10)7-12-3-5-13(6-4-12)17(2,15)16/h8H,3-7,10H2,1-2H3,(H,11,14). The largest absolute Gasteiger partial charge is 0.300 e. The van der Waals surface area contributed by atoms with Gasteiger partial charge in [-0.2, -0.15) is 4.31 Å². The second-order valence-electron chi connectivity index (χ2n) is 4.37. The summed E-state index contributed by atoms with van der Waals surface area (Å²) in [5, 5.41) is 0. The maximum absolute atomic E-state index is 11.3. The number of hydrogen-bond acceptors (Lipinski definition) is 5. The van der Waals surface area contributed by atoms with E-state index in [4.69, 9.17) is 5.84 Å². The number of hydrogen-bond donors (Lipinski definition) is 2. The zero-order chi connectivity index (χ0) is 13.1. The van der Waals surface area contributed by atoms with Crippen LogP contribution in [0, 0.1) is 5.92 Å². The van der Waals surface area contributed by atoms with E-state index in [2.05, 4.69) is 10.3 Å². The molecule has 0 aromatic carbocycles. The van der Waals surface area contributed by atoms with Gasteiger partial charge in [-0.1, -0.05) is 6.92 Å². The number of amides is 1. The van der Waals surface area contributed by atoms with Gasteiger partial charge in [-0.05, 0) is 0 Å². The summed E-state index contributed by atoms with van der Waals surface area (Å²) in [5.74, 6) is 4.66. The first kappa shape index (κ1) is 14.4. The van der Waals surface area contributed by atoms with Crippen LogP contribution in [0.25, 0.3) is 0 Å². The lowest BCUT2D eigenvalue weighted by Gasteiger charge is -2.34. The van der Waals surface area contributed by atoms with E-state index >= 15 is 0 Å². The van der Waals surface area contributed by atoms with Crippen molar-refractivity contribution >= 4 is 15.9 Å². The molecular weight excluding hydrogens is 244 g/mol. The Morgan fingerprint density at radius 2 is 1.88 bits per heavy atom. The van der Waals surface area contributed by atoms with Crippen LogP contribution in [-0.2, 0) is 14.8 Å². The molecule has 17 heavy (non-hydrogen) atoms. The van der Waals surface area contributed by atoms with E-state index in [1.165, 1.54) is 10.6 Å². The van der Waals surface area contributed by atoms with E-state index in [0.717, 1.165) is 0 Å². The Morgan fingerprint density at radius 3 is 2.29 bits per heavy atom. The fourth-order valence-electron chi connectivity index (χ4n) is 1.86. The number of nitrogens with one attached hydrogen (secondary N) is 1. The van der Waals surface area contributed by atoms with Gasteiger partial charge in [0.25, 0.3) is 0 Å². The van der Waals surface area contributed by atoms with Crippen molar-refractivity contribution in [1.82, 2.24) is 14.6 Å². The lowest BCUT2D eigenvalue weighted by atomic mass is 10.1.